The number of fused-ring (bicyclic) bond motifs is 1. The van der Waals surface area contributed by atoms with Crippen molar-refractivity contribution < 1.29 is 4.79 Å². The summed E-state index contributed by atoms with van der Waals surface area (Å²) in [6.07, 6.45) is 3.19. The van der Waals surface area contributed by atoms with Crippen LogP contribution in [0.4, 0.5) is 0 Å². The minimum atomic E-state index is -0.0402. The minimum absolute atomic E-state index is 0.0402. The van der Waals surface area contributed by atoms with E-state index in [4.69, 9.17) is 0 Å². The molecule has 1 amide bonds. The van der Waals surface area contributed by atoms with Crippen molar-refractivity contribution in [2.24, 2.45) is 0 Å². The molecule has 0 saturated carbocycles. The van der Waals surface area contributed by atoms with Crippen LogP contribution in [0.3, 0.4) is 0 Å². The smallest absolute Gasteiger partial charge is 0.251 e. The van der Waals surface area contributed by atoms with Gasteiger partial charge < -0.3 is 5.32 Å². The quantitative estimate of drug-likeness (QED) is 0.719. The molecule has 1 aliphatic rings. The molecule has 0 aliphatic heterocycles. The topological polar surface area (TPSA) is 29.1 Å². The molecule has 0 spiro atoms. The maximum atomic E-state index is 11.8. The molecule has 2 nitrogen and oxygen atoms in total. The fraction of sp³-hybridized carbons (Fsp3) is 0.423. The van der Waals surface area contributed by atoms with Gasteiger partial charge in [-0.3, -0.25) is 4.79 Å². The maximum Gasteiger partial charge on any atom is 0.251 e. The Morgan fingerprint density at radius 3 is 2.25 bits per heavy atom. The van der Waals surface area contributed by atoms with E-state index in [-0.39, 0.29) is 16.7 Å². The second kappa shape index (κ2) is 7.84. The Labute approximate surface area is 169 Å². The van der Waals surface area contributed by atoms with Gasteiger partial charge in [0.2, 0.25) is 0 Å². The van der Waals surface area contributed by atoms with Gasteiger partial charge in [-0.15, -0.1) is 0 Å². The molecule has 28 heavy (non-hydrogen) atoms. The highest BCUT2D eigenvalue weighted by molar-refractivity contribution is 5.94. The van der Waals surface area contributed by atoms with Crippen molar-refractivity contribution in [1.82, 2.24) is 5.32 Å². The van der Waals surface area contributed by atoms with Crippen LogP contribution in [-0.4, -0.2) is 12.5 Å². The van der Waals surface area contributed by atoms with Crippen molar-refractivity contribution in [2.45, 2.75) is 64.7 Å². The number of hydrogen-bond acceptors (Lipinski definition) is 1. The van der Waals surface area contributed by atoms with Crippen molar-refractivity contribution in [1.29, 1.82) is 0 Å². The van der Waals surface area contributed by atoms with E-state index in [9.17, 15) is 4.79 Å². The SMILES string of the molecule is CCNC(=O)c1ccc(C#CCc2ccc3c(c2)C(C)(C)CCC3(C)C)cc1. The van der Waals surface area contributed by atoms with Gasteiger partial charge in [0.15, 0.2) is 0 Å². The first-order valence-electron chi connectivity index (χ1n) is 10.2. The molecule has 2 aromatic rings. The number of rotatable bonds is 3. The monoisotopic (exact) mass is 373 g/mol. The first-order valence-corrected chi connectivity index (χ1v) is 10.2. The maximum absolute atomic E-state index is 11.8. The zero-order chi connectivity index (χ0) is 20.4. The molecule has 0 unspecified atom stereocenters. The number of nitrogens with one attached hydrogen (secondary N) is 1. The lowest BCUT2D eigenvalue weighted by Gasteiger charge is -2.42. The Kier molecular flexibility index (Phi) is 5.66. The van der Waals surface area contributed by atoms with Crippen LogP contribution in [0.25, 0.3) is 0 Å². The molecule has 0 heterocycles. The predicted octanol–water partition coefficient (Wildman–Crippen LogP) is 5.38. The third-order valence-electron chi connectivity index (χ3n) is 5.93. The third-order valence-corrected chi connectivity index (χ3v) is 5.93. The van der Waals surface area contributed by atoms with E-state index in [0.29, 0.717) is 12.1 Å². The largest absolute Gasteiger partial charge is 0.352 e. The van der Waals surface area contributed by atoms with Gasteiger partial charge in [-0.05, 0) is 71.6 Å². The normalized spacial score (nSPS) is 16.5. The van der Waals surface area contributed by atoms with Crippen LogP contribution in [0, 0.1) is 11.8 Å². The van der Waals surface area contributed by atoms with Crippen molar-refractivity contribution in [3.05, 3.63) is 70.3 Å². The first-order chi connectivity index (χ1) is 13.2. The van der Waals surface area contributed by atoms with E-state index in [1.807, 2.05) is 31.2 Å². The fourth-order valence-electron chi connectivity index (χ4n) is 3.96. The first kappa shape index (κ1) is 20.2. The average Bonchev–Trinajstić information content (AvgIpc) is 2.66. The van der Waals surface area contributed by atoms with Crippen LogP contribution in [0.1, 0.15) is 80.1 Å². The van der Waals surface area contributed by atoms with Gasteiger partial charge in [-0.25, -0.2) is 0 Å². The molecular formula is C26H31NO. The van der Waals surface area contributed by atoms with Gasteiger partial charge in [-0.1, -0.05) is 57.7 Å². The summed E-state index contributed by atoms with van der Waals surface area (Å²) in [5.74, 6) is 6.48. The average molecular weight is 374 g/mol. The Hall–Kier alpha value is -2.53. The van der Waals surface area contributed by atoms with Crippen LogP contribution < -0.4 is 5.32 Å². The molecule has 0 fully saturated rings. The van der Waals surface area contributed by atoms with Crippen LogP contribution in [-0.2, 0) is 17.3 Å². The van der Waals surface area contributed by atoms with Crippen molar-refractivity contribution in [3.63, 3.8) is 0 Å². The Bertz CT molecular complexity index is 923. The third kappa shape index (κ3) is 4.30. The molecule has 3 rings (SSSR count). The van der Waals surface area contributed by atoms with E-state index < -0.39 is 0 Å². The number of amides is 1. The molecule has 146 valence electrons. The van der Waals surface area contributed by atoms with Gasteiger partial charge in [-0.2, -0.15) is 0 Å². The Morgan fingerprint density at radius 2 is 1.61 bits per heavy atom. The molecule has 2 aromatic carbocycles. The zero-order valence-electron chi connectivity index (χ0n) is 17.8. The van der Waals surface area contributed by atoms with E-state index in [2.05, 4.69) is 63.1 Å². The highest BCUT2D eigenvalue weighted by Gasteiger charge is 2.36. The molecule has 0 saturated heterocycles. The molecule has 0 atom stereocenters. The lowest BCUT2D eigenvalue weighted by atomic mass is 9.63. The van der Waals surface area contributed by atoms with Gasteiger partial charge in [0.1, 0.15) is 0 Å². The summed E-state index contributed by atoms with van der Waals surface area (Å²) in [7, 11) is 0. The van der Waals surface area contributed by atoms with E-state index in [0.717, 1.165) is 12.0 Å². The van der Waals surface area contributed by atoms with Crippen LogP contribution in [0.5, 0.6) is 0 Å². The summed E-state index contributed by atoms with van der Waals surface area (Å²) in [4.78, 5) is 11.8. The van der Waals surface area contributed by atoms with Crippen molar-refractivity contribution in [2.75, 3.05) is 6.54 Å². The minimum Gasteiger partial charge on any atom is -0.352 e. The molecule has 2 heteroatoms. The fourth-order valence-corrected chi connectivity index (χ4v) is 3.96. The highest BCUT2D eigenvalue weighted by Crippen LogP contribution is 2.45. The van der Waals surface area contributed by atoms with Crippen LogP contribution in [0.15, 0.2) is 42.5 Å². The summed E-state index contributed by atoms with van der Waals surface area (Å²) < 4.78 is 0. The number of hydrogen-bond donors (Lipinski definition) is 1. The lowest BCUT2D eigenvalue weighted by Crippen LogP contribution is -2.33. The molecule has 0 aromatic heterocycles. The van der Waals surface area contributed by atoms with Crippen LogP contribution >= 0.6 is 0 Å². The summed E-state index contributed by atoms with van der Waals surface area (Å²) in [5.41, 5.74) is 6.33. The Morgan fingerprint density at radius 1 is 0.964 bits per heavy atom. The van der Waals surface area contributed by atoms with Crippen molar-refractivity contribution >= 4 is 5.91 Å². The number of carbonyl (C=O) groups excluding carboxylic acids is 1. The van der Waals surface area contributed by atoms with Crippen molar-refractivity contribution in [3.8, 4) is 11.8 Å². The summed E-state index contributed by atoms with van der Waals surface area (Å²) >= 11 is 0. The summed E-state index contributed by atoms with van der Waals surface area (Å²) in [6.45, 7) is 12.0. The van der Waals surface area contributed by atoms with E-state index in [1.165, 1.54) is 29.5 Å². The molecule has 0 bridgehead atoms. The highest BCUT2D eigenvalue weighted by atomic mass is 16.1. The molecule has 0 radical (unpaired) electrons. The molecule has 1 N–H and O–H groups in total. The second-order valence-corrected chi connectivity index (χ2v) is 9.06. The van der Waals surface area contributed by atoms with E-state index >= 15 is 0 Å². The Balaban J connectivity index is 1.75. The van der Waals surface area contributed by atoms with Gasteiger partial charge in [0, 0.05) is 24.1 Å². The predicted molar refractivity (Wildman–Crippen MR) is 117 cm³/mol. The van der Waals surface area contributed by atoms with E-state index in [1.54, 1.807) is 0 Å². The second-order valence-electron chi connectivity index (χ2n) is 9.06. The molecular weight excluding hydrogens is 342 g/mol. The molecule has 1 aliphatic carbocycles. The number of benzene rings is 2. The van der Waals surface area contributed by atoms with Crippen LogP contribution in [0.2, 0.25) is 0 Å². The zero-order valence-corrected chi connectivity index (χ0v) is 17.8. The van der Waals surface area contributed by atoms with Gasteiger partial charge in [0.05, 0.1) is 0 Å². The summed E-state index contributed by atoms with van der Waals surface area (Å²) in [6, 6.07) is 14.4. The van der Waals surface area contributed by atoms with Gasteiger partial charge >= 0.3 is 0 Å². The van der Waals surface area contributed by atoms with Gasteiger partial charge in [0.25, 0.3) is 5.91 Å². The summed E-state index contributed by atoms with van der Waals surface area (Å²) in [5, 5.41) is 2.81. The number of carbonyl (C=O) groups is 1. The standard InChI is InChI=1S/C26H31NO/c1-6-27-24(28)21-13-10-19(11-14-21)8-7-9-20-12-15-22-23(18-20)26(4,5)17-16-25(22,2)3/h10-15,18H,6,9,16-17H2,1-5H3,(H,27,28). The lowest BCUT2D eigenvalue weighted by molar-refractivity contribution is 0.0956.